The van der Waals surface area contributed by atoms with Crippen molar-refractivity contribution in [3.8, 4) is 5.69 Å². The highest BCUT2D eigenvalue weighted by Gasteiger charge is 2.31. The Bertz CT molecular complexity index is 1140. The van der Waals surface area contributed by atoms with Gasteiger partial charge in [0.25, 0.3) is 0 Å². The van der Waals surface area contributed by atoms with E-state index in [1.54, 1.807) is 0 Å². The highest BCUT2D eigenvalue weighted by Crippen LogP contribution is 2.27. The van der Waals surface area contributed by atoms with Gasteiger partial charge in [-0.2, -0.15) is 0 Å². The topological polar surface area (TPSA) is 44.6 Å². The Labute approximate surface area is 210 Å². The van der Waals surface area contributed by atoms with Crippen LogP contribution in [0.1, 0.15) is 32.0 Å². The summed E-state index contributed by atoms with van der Waals surface area (Å²) in [6.45, 7) is 9.68. The largest absolute Gasteiger partial charge is 0.340 e. The summed E-state index contributed by atoms with van der Waals surface area (Å²) in [5.41, 5.74) is 3.23. The molecule has 6 nitrogen and oxygen atoms in total. The van der Waals surface area contributed by atoms with Crippen molar-refractivity contribution in [3.05, 3.63) is 58.8 Å². The second-order valence-corrected chi connectivity index (χ2v) is 10.5. The molecule has 2 aliphatic heterocycles. The number of fused-ring (bicyclic) bond motifs is 1. The Balaban J connectivity index is 1.32. The van der Waals surface area contributed by atoms with Crippen LogP contribution in [0.3, 0.4) is 0 Å². The molecule has 2 saturated heterocycles. The monoisotopic (exact) mass is 523 g/mol. The minimum absolute atomic E-state index is 0.0928. The number of nitrogens with zero attached hydrogens (tertiary/aromatic N) is 5. The summed E-state index contributed by atoms with van der Waals surface area (Å²) >= 11 is 3.62. The second-order valence-electron chi connectivity index (χ2n) is 9.57. The van der Waals surface area contributed by atoms with Crippen LogP contribution in [0.4, 0.5) is 0 Å². The number of halogens is 1. The first-order valence-electron chi connectivity index (χ1n) is 12.6. The molecule has 2 aliphatic rings. The van der Waals surface area contributed by atoms with E-state index in [1.807, 2.05) is 12.1 Å². The van der Waals surface area contributed by atoms with Gasteiger partial charge in [0.1, 0.15) is 5.82 Å². The van der Waals surface area contributed by atoms with Crippen molar-refractivity contribution in [2.24, 2.45) is 5.92 Å². The quantitative estimate of drug-likeness (QED) is 0.475. The number of para-hydroxylation sites is 2. The number of carbonyl (C=O) groups excluding carboxylic acids is 1. The van der Waals surface area contributed by atoms with Gasteiger partial charge in [-0.3, -0.25) is 19.2 Å². The van der Waals surface area contributed by atoms with Crippen molar-refractivity contribution in [2.45, 2.75) is 32.7 Å². The maximum absolute atomic E-state index is 13.3. The van der Waals surface area contributed by atoms with E-state index >= 15 is 0 Å². The molecule has 0 saturated carbocycles. The molecule has 0 radical (unpaired) electrons. The fourth-order valence-corrected chi connectivity index (χ4v) is 5.84. The molecular weight excluding hydrogens is 490 g/mol. The van der Waals surface area contributed by atoms with Crippen LogP contribution in [0.25, 0.3) is 16.7 Å². The number of rotatable bonds is 6. The van der Waals surface area contributed by atoms with E-state index < -0.39 is 0 Å². The molecule has 2 aromatic carbocycles. The van der Waals surface area contributed by atoms with Crippen LogP contribution in [-0.2, 0) is 11.3 Å². The average molecular weight is 525 g/mol. The molecule has 1 amide bonds. The number of carbonyl (C=O) groups is 1. The SMILES string of the molecule is CCCN1CCN(C(=O)[C@H]2CCCN(Cc3nc4ccccc4n3-c3cccc(Br)c3)C2)CC1. The minimum Gasteiger partial charge on any atom is -0.340 e. The van der Waals surface area contributed by atoms with E-state index in [1.165, 1.54) is 6.42 Å². The number of piperidine rings is 1. The van der Waals surface area contributed by atoms with Gasteiger partial charge >= 0.3 is 0 Å². The fraction of sp³-hybridized carbons (Fsp3) is 0.481. The Morgan fingerprint density at radius 1 is 1.03 bits per heavy atom. The molecule has 0 aliphatic carbocycles. The predicted octanol–water partition coefficient (Wildman–Crippen LogP) is 4.55. The maximum atomic E-state index is 13.3. The Morgan fingerprint density at radius 3 is 2.65 bits per heavy atom. The lowest BCUT2D eigenvalue weighted by Crippen LogP contribution is -2.52. The molecule has 3 heterocycles. The molecule has 0 unspecified atom stereocenters. The highest BCUT2D eigenvalue weighted by atomic mass is 79.9. The van der Waals surface area contributed by atoms with E-state index in [0.29, 0.717) is 5.91 Å². The third-order valence-electron chi connectivity index (χ3n) is 7.14. The van der Waals surface area contributed by atoms with Gasteiger partial charge < -0.3 is 4.90 Å². The van der Waals surface area contributed by atoms with Crippen LogP contribution in [0.5, 0.6) is 0 Å². The molecule has 0 bridgehead atoms. The Morgan fingerprint density at radius 2 is 1.85 bits per heavy atom. The highest BCUT2D eigenvalue weighted by molar-refractivity contribution is 9.10. The molecule has 5 rings (SSSR count). The summed E-state index contributed by atoms with van der Waals surface area (Å²) in [6, 6.07) is 16.7. The number of imidazole rings is 1. The summed E-state index contributed by atoms with van der Waals surface area (Å²) in [5, 5.41) is 0. The summed E-state index contributed by atoms with van der Waals surface area (Å²) in [6.07, 6.45) is 3.23. The zero-order valence-corrected chi connectivity index (χ0v) is 21.6. The van der Waals surface area contributed by atoms with Crippen LogP contribution < -0.4 is 0 Å². The lowest BCUT2D eigenvalue weighted by Gasteiger charge is -2.39. The van der Waals surface area contributed by atoms with E-state index in [9.17, 15) is 4.79 Å². The zero-order valence-electron chi connectivity index (χ0n) is 20.0. The summed E-state index contributed by atoms with van der Waals surface area (Å²) in [4.78, 5) is 25.4. The van der Waals surface area contributed by atoms with Gasteiger partial charge in [0.15, 0.2) is 0 Å². The van der Waals surface area contributed by atoms with Gasteiger partial charge in [-0.05, 0) is 62.7 Å². The Hall–Kier alpha value is -2.22. The smallest absolute Gasteiger partial charge is 0.227 e. The third kappa shape index (κ3) is 5.07. The standard InChI is InChI=1S/C27H34BrN5O/c1-2-12-30-14-16-32(17-15-30)27(34)21-7-6-13-31(19-21)20-26-29-24-10-3-4-11-25(24)33(26)23-9-5-8-22(28)18-23/h3-5,8-11,18,21H,2,6-7,12-17,19-20H2,1H3/t21-/m0/s1. The van der Waals surface area contributed by atoms with Gasteiger partial charge in [0.05, 0.1) is 23.5 Å². The van der Waals surface area contributed by atoms with Gasteiger partial charge in [-0.25, -0.2) is 4.98 Å². The van der Waals surface area contributed by atoms with Crippen LogP contribution in [0, 0.1) is 5.92 Å². The van der Waals surface area contributed by atoms with Gasteiger partial charge in [0, 0.05) is 42.9 Å². The molecule has 1 atom stereocenters. The van der Waals surface area contributed by atoms with Gasteiger partial charge in [0.2, 0.25) is 5.91 Å². The molecule has 0 N–H and O–H groups in total. The van der Waals surface area contributed by atoms with E-state index in [4.69, 9.17) is 4.98 Å². The number of benzene rings is 2. The van der Waals surface area contributed by atoms with Crippen molar-refractivity contribution in [1.82, 2.24) is 24.3 Å². The summed E-state index contributed by atoms with van der Waals surface area (Å²) in [7, 11) is 0. The lowest BCUT2D eigenvalue weighted by molar-refractivity contribution is -0.139. The average Bonchev–Trinajstić information content (AvgIpc) is 3.22. The van der Waals surface area contributed by atoms with Crippen LogP contribution in [0.15, 0.2) is 53.0 Å². The van der Waals surface area contributed by atoms with Crippen molar-refractivity contribution < 1.29 is 4.79 Å². The molecule has 34 heavy (non-hydrogen) atoms. The van der Waals surface area contributed by atoms with Crippen molar-refractivity contribution in [3.63, 3.8) is 0 Å². The van der Waals surface area contributed by atoms with Gasteiger partial charge in [-0.15, -0.1) is 0 Å². The number of hydrogen-bond donors (Lipinski definition) is 0. The first kappa shape index (κ1) is 23.5. The number of piperazine rings is 1. The first-order valence-corrected chi connectivity index (χ1v) is 13.4. The summed E-state index contributed by atoms with van der Waals surface area (Å²) in [5.74, 6) is 1.47. The molecule has 7 heteroatoms. The van der Waals surface area contributed by atoms with Crippen LogP contribution in [0.2, 0.25) is 0 Å². The zero-order chi connectivity index (χ0) is 23.5. The van der Waals surface area contributed by atoms with Crippen LogP contribution >= 0.6 is 15.9 Å². The molecule has 1 aromatic heterocycles. The maximum Gasteiger partial charge on any atom is 0.227 e. The molecule has 0 spiro atoms. The molecule has 180 valence electrons. The fourth-order valence-electron chi connectivity index (χ4n) is 5.45. The van der Waals surface area contributed by atoms with Crippen molar-refractivity contribution in [1.29, 1.82) is 0 Å². The van der Waals surface area contributed by atoms with Crippen molar-refractivity contribution in [2.75, 3.05) is 45.8 Å². The second kappa shape index (κ2) is 10.6. The summed E-state index contributed by atoms with van der Waals surface area (Å²) < 4.78 is 3.31. The third-order valence-corrected chi connectivity index (χ3v) is 7.63. The Kier molecular flexibility index (Phi) is 7.32. The van der Waals surface area contributed by atoms with E-state index in [2.05, 4.69) is 78.5 Å². The number of amides is 1. The molecular formula is C27H34BrN5O. The van der Waals surface area contributed by atoms with Gasteiger partial charge in [-0.1, -0.05) is 41.1 Å². The lowest BCUT2D eigenvalue weighted by atomic mass is 9.96. The van der Waals surface area contributed by atoms with E-state index in [0.717, 1.165) is 92.2 Å². The van der Waals surface area contributed by atoms with Crippen LogP contribution in [-0.4, -0.2) is 76.0 Å². The number of likely N-dealkylation sites (tertiary alicyclic amines) is 1. The predicted molar refractivity (Wildman–Crippen MR) is 140 cm³/mol. The minimum atomic E-state index is 0.0928. The number of hydrogen-bond acceptors (Lipinski definition) is 4. The van der Waals surface area contributed by atoms with Crippen molar-refractivity contribution >= 4 is 32.9 Å². The normalized spacial score (nSPS) is 20.2. The first-order chi connectivity index (χ1) is 16.6. The molecule has 3 aromatic rings. The molecule has 2 fully saturated rings. The number of aromatic nitrogens is 2. The van der Waals surface area contributed by atoms with E-state index in [-0.39, 0.29) is 5.92 Å².